The molecule has 3 aromatic rings. The maximum Gasteiger partial charge on any atom is 0.185 e. The highest BCUT2D eigenvalue weighted by Crippen LogP contribution is 2.29. The van der Waals surface area contributed by atoms with E-state index in [1.54, 1.807) is 24.9 Å². The second-order valence-corrected chi connectivity index (χ2v) is 5.83. The average Bonchev–Trinajstić information content (AvgIpc) is 3.02. The molecule has 3 nitrogen and oxygen atoms in total. The van der Waals surface area contributed by atoms with Gasteiger partial charge in [0.2, 0.25) is 0 Å². The number of hydrogen-bond acceptors (Lipinski definition) is 4. The Kier molecular flexibility index (Phi) is 4.53. The Labute approximate surface area is 138 Å². The summed E-state index contributed by atoms with van der Waals surface area (Å²) in [4.78, 5) is 13.3. The van der Waals surface area contributed by atoms with Crippen LogP contribution in [0.3, 0.4) is 0 Å². The predicted octanol–water partition coefficient (Wildman–Crippen LogP) is 5.06. The zero-order chi connectivity index (χ0) is 16.2. The highest BCUT2D eigenvalue weighted by atomic mass is 32.2. The maximum absolute atomic E-state index is 12.2. The van der Waals surface area contributed by atoms with Crippen molar-refractivity contribution in [3.05, 3.63) is 65.9 Å². The third-order valence-electron chi connectivity index (χ3n) is 3.52. The lowest BCUT2D eigenvalue weighted by Gasteiger charge is -1.98. The third-order valence-corrected chi connectivity index (χ3v) is 4.26. The van der Waals surface area contributed by atoms with Gasteiger partial charge in [-0.1, -0.05) is 12.1 Å². The summed E-state index contributed by atoms with van der Waals surface area (Å²) in [6.07, 6.45) is 5.22. The number of carbonyl (C=O) groups excluding carboxylic acids is 1. The van der Waals surface area contributed by atoms with Crippen LogP contribution < -0.4 is 4.74 Å². The van der Waals surface area contributed by atoms with Gasteiger partial charge in [-0.15, -0.1) is 11.8 Å². The SMILES string of the molecule is COc1cccc2cc(/C=C/C(=O)c3ccc(SC)cc3)oc12. The van der Waals surface area contributed by atoms with Crippen LogP contribution in [0.1, 0.15) is 16.1 Å². The quantitative estimate of drug-likeness (QED) is 0.373. The van der Waals surface area contributed by atoms with E-state index >= 15 is 0 Å². The van der Waals surface area contributed by atoms with Crippen molar-refractivity contribution in [3.8, 4) is 5.75 Å². The van der Waals surface area contributed by atoms with Crippen LogP contribution in [0.15, 0.2) is 63.9 Å². The first-order valence-electron chi connectivity index (χ1n) is 7.14. The van der Waals surface area contributed by atoms with E-state index in [0.29, 0.717) is 22.7 Å². The minimum atomic E-state index is -0.0509. The molecule has 0 unspecified atom stereocenters. The van der Waals surface area contributed by atoms with Gasteiger partial charge in [-0.3, -0.25) is 4.79 Å². The average molecular weight is 324 g/mol. The van der Waals surface area contributed by atoms with Crippen LogP contribution in [-0.4, -0.2) is 19.1 Å². The molecule has 0 bridgehead atoms. The molecule has 1 aromatic heterocycles. The summed E-state index contributed by atoms with van der Waals surface area (Å²) in [5, 5.41) is 0.945. The molecule has 0 N–H and O–H groups in total. The van der Waals surface area contributed by atoms with Crippen molar-refractivity contribution in [2.75, 3.05) is 13.4 Å². The van der Waals surface area contributed by atoms with Crippen LogP contribution >= 0.6 is 11.8 Å². The van der Waals surface area contributed by atoms with Gasteiger partial charge in [-0.25, -0.2) is 0 Å². The normalized spacial score (nSPS) is 11.2. The number of thioether (sulfide) groups is 1. The number of hydrogen-bond donors (Lipinski definition) is 0. The van der Waals surface area contributed by atoms with Gasteiger partial charge in [0, 0.05) is 15.8 Å². The van der Waals surface area contributed by atoms with E-state index in [-0.39, 0.29) is 5.78 Å². The Balaban J connectivity index is 1.82. The molecule has 0 spiro atoms. The fourth-order valence-electron chi connectivity index (χ4n) is 2.31. The molecule has 4 heteroatoms. The molecular weight excluding hydrogens is 308 g/mol. The molecule has 1 heterocycles. The molecule has 0 fully saturated rings. The van der Waals surface area contributed by atoms with Gasteiger partial charge < -0.3 is 9.15 Å². The first-order valence-corrected chi connectivity index (χ1v) is 8.37. The molecule has 0 aliphatic heterocycles. The van der Waals surface area contributed by atoms with Crippen LogP contribution in [0, 0.1) is 0 Å². The Bertz CT molecular complexity index is 860. The largest absolute Gasteiger partial charge is 0.493 e. The first-order chi connectivity index (χ1) is 11.2. The van der Waals surface area contributed by atoms with E-state index in [4.69, 9.17) is 9.15 Å². The third kappa shape index (κ3) is 3.32. The number of carbonyl (C=O) groups is 1. The molecule has 23 heavy (non-hydrogen) atoms. The summed E-state index contributed by atoms with van der Waals surface area (Å²) in [6.45, 7) is 0. The minimum Gasteiger partial charge on any atom is -0.493 e. The number of para-hydroxylation sites is 1. The number of methoxy groups -OCH3 is 1. The lowest BCUT2D eigenvalue weighted by molar-refractivity contribution is 0.104. The minimum absolute atomic E-state index is 0.0509. The van der Waals surface area contributed by atoms with E-state index in [0.717, 1.165) is 10.3 Å². The Morgan fingerprint density at radius 1 is 1.17 bits per heavy atom. The fraction of sp³-hybridized carbons (Fsp3) is 0.105. The van der Waals surface area contributed by atoms with Crippen molar-refractivity contribution in [1.82, 2.24) is 0 Å². The van der Waals surface area contributed by atoms with Crippen molar-refractivity contribution < 1.29 is 13.9 Å². The van der Waals surface area contributed by atoms with E-state index in [2.05, 4.69) is 0 Å². The number of benzene rings is 2. The Morgan fingerprint density at radius 2 is 1.96 bits per heavy atom. The van der Waals surface area contributed by atoms with E-state index in [9.17, 15) is 4.79 Å². The second kappa shape index (κ2) is 6.75. The van der Waals surface area contributed by atoms with Gasteiger partial charge in [-0.05, 0) is 54.8 Å². The molecule has 0 aliphatic rings. The van der Waals surface area contributed by atoms with Crippen LogP contribution in [-0.2, 0) is 0 Å². The summed E-state index contributed by atoms with van der Waals surface area (Å²) < 4.78 is 11.0. The van der Waals surface area contributed by atoms with E-state index in [1.165, 1.54) is 6.08 Å². The van der Waals surface area contributed by atoms with Gasteiger partial charge in [0.25, 0.3) is 0 Å². The number of ketones is 1. The smallest absolute Gasteiger partial charge is 0.185 e. The monoisotopic (exact) mass is 324 g/mol. The highest BCUT2D eigenvalue weighted by Gasteiger charge is 2.07. The highest BCUT2D eigenvalue weighted by molar-refractivity contribution is 7.98. The van der Waals surface area contributed by atoms with Gasteiger partial charge >= 0.3 is 0 Å². The first kappa shape index (κ1) is 15.4. The molecule has 0 radical (unpaired) electrons. The van der Waals surface area contributed by atoms with E-state index in [1.807, 2.05) is 54.8 Å². The number of fused-ring (bicyclic) bond motifs is 1. The molecule has 0 atom stereocenters. The topological polar surface area (TPSA) is 39.4 Å². The fourth-order valence-corrected chi connectivity index (χ4v) is 2.72. The summed E-state index contributed by atoms with van der Waals surface area (Å²) >= 11 is 1.65. The van der Waals surface area contributed by atoms with Gasteiger partial charge in [0.1, 0.15) is 5.76 Å². The summed E-state index contributed by atoms with van der Waals surface area (Å²) in [7, 11) is 1.61. The summed E-state index contributed by atoms with van der Waals surface area (Å²) in [6, 6.07) is 15.1. The van der Waals surface area contributed by atoms with E-state index < -0.39 is 0 Å². The standard InChI is InChI=1S/C19H16O3S/c1-21-18-5-3-4-14-12-15(22-19(14)18)8-11-17(20)13-6-9-16(23-2)10-7-13/h3-12H,1-2H3/b11-8+. The molecule has 0 aliphatic carbocycles. The molecule has 2 aromatic carbocycles. The zero-order valence-corrected chi connectivity index (χ0v) is 13.7. The molecule has 0 amide bonds. The molecule has 116 valence electrons. The lowest BCUT2D eigenvalue weighted by Crippen LogP contribution is -1.93. The number of rotatable bonds is 5. The van der Waals surface area contributed by atoms with Crippen LogP contribution in [0.2, 0.25) is 0 Å². The van der Waals surface area contributed by atoms with Gasteiger partial charge in [0.05, 0.1) is 7.11 Å². The number of allylic oxidation sites excluding steroid dienone is 1. The molecule has 3 rings (SSSR count). The Hall–Kier alpha value is -2.46. The molecule has 0 saturated carbocycles. The summed E-state index contributed by atoms with van der Waals surface area (Å²) in [5.74, 6) is 1.25. The van der Waals surface area contributed by atoms with Crippen LogP contribution in [0.5, 0.6) is 5.75 Å². The molecular formula is C19H16O3S. The van der Waals surface area contributed by atoms with Crippen LogP contribution in [0.4, 0.5) is 0 Å². The number of ether oxygens (including phenoxy) is 1. The van der Waals surface area contributed by atoms with Crippen molar-refractivity contribution >= 4 is 34.6 Å². The second-order valence-electron chi connectivity index (χ2n) is 4.95. The molecule has 0 saturated heterocycles. The lowest BCUT2D eigenvalue weighted by atomic mass is 10.1. The van der Waals surface area contributed by atoms with Crippen molar-refractivity contribution in [1.29, 1.82) is 0 Å². The maximum atomic E-state index is 12.2. The van der Waals surface area contributed by atoms with Gasteiger partial charge in [-0.2, -0.15) is 0 Å². The van der Waals surface area contributed by atoms with Crippen LogP contribution in [0.25, 0.3) is 17.0 Å². The van der Waals surface area contributed by atoms with Gasteiger partial charge in [0.15, 0.2) is 17.1 Å². The predicted molar refractivity (Wildman–Crippen MR) is 94.4 cm³/mol. The van der Waals surface area contributed by atoms with Crippen molar-refractivity contribution in [2.45, 2.75) is 4.90 Å². The Morgan fingerprint density at radius 3 is 2.65 bits per heavy atom. The number of furan rings is 1. The summed E-state index contributed by atoms with van der Waals surface area (Å²) in [5.41, 5.74) is 1.35. The zero-order valence-electron chi connectivity index (χ0n) is 12.9. The van der Waals surface area contributed by atoms with Crippen molar-refractivity contribution in [3.63, 3.8) is 0 Å². The van der Waals surface area contributed by atoms with Crippen molar-refractivity contribution in [2.24, 2.45) is 0 Å².